The summed E-state index contributed by atoms with van der Waals surface area (Å²) in [6, 6.07) is 7.73. The second kappa shape index (κ2) is 5.70. The fourth-order valence-corrected chi connectivity index (χ4v) is 1.10. The molecule has 0 heterocycles. The van der Waals surface area contributed by atoms with Gasteiger partial charge in [0.15, 0.2) is 0 Å². The van der Waals surface area contributed by atoms with Crippen LogP contribution in [0.15, 0.2) is 36.4 Å². The van der Waals surface area contributed by atoms with E-state index in [-0.39, 0.29) is 0 Å². The molecule has 2 N–H and O–H groups in total. The van der Waals surface area contributed by atoms with Crippen molar-refractivity contribution in [3.8, 4) is 0 Å². The number of carboxylic acids is 1. The van der Waals surface area contributed by atoms with Crippen LogP contribution in [-0.2, 0) is 16.1 Å². The number of benzene rings is 1. The first-order valence-corrected chi connectivity index (χ1v) is 4.82. The molecule has 0 fully saturated rings. The van der Waals surface area contributed by atoms with Gasteiger partial charge in [0.2, 0.25) is 5.91 Å². The van der Waals surface area contributed by atoms with Gasteiger partial charge in [0.1, 0.15) is 0 Å². The number of carbonyl (C=O) groups is 2. The van der Waals surface area contributed by atoms with Crippen molar-refractivity contribution in [1.82, 2.24) is 5.32 Å². The van der Waals surface area contributed by atoms with E-state index in [1.165, 1.54) is 0 Å². The first kappa shape index (κ1) is 12.0. The molecule has 0 unspecified atom stereocenters. The third-order valence-electron chi connectivity index (χ3n) is 1.96. The zero-order chi connectivity index (χ0) is 12.0. The van der Waals surface area contributed by atoms with Gasteiger partial charge in [-0.1, -0.05) is 29.8 Å². The molecule has 0 atom stereocenters. The summed E-state index contributed by atoms with van der Waals surface area (Å²) in [5.41, 5.74) is 2.13. The first-order chi connectivity index (χ1) is 7.58. The first-order valence-electron chi connectivity index (χ1n) is 4.82. The minimum atomic E-state index is -1.13. The van der Waals surface area contributed by atoms with E-state index in [2.05, 4.69) is 5.32 Å². The van der Waals surface area contributed by atoms with Crippen LogP contribution < -0.4 is 5.32 Å². The molecule has 4 nitrogen and oxygen atoms in total. The summed E-state index contributed by atoms with van der Waals surface area (Å²) < 4.78 is 0. The Labute approximate surface area is 93.6 Å². The van der Waals surface area contributed by atoms with Crippen LogP contribution in [0.2, 0.25) is 0 Å². The van der Waals surface area contributed by atoms with E-state index in [0.29, 0.717) is 6.54 Å². The summed E-state index contributed by atoms with van der Waals surface area (Å²) >= 11 is 0. The number of hydrogen-bond acceptors (Lipinski definition) is 2. The molecule has 1 rings (SSSR count). The van der Waals surface area contributed by atoms with Crippen LogP contribution in [0.4, 0.5) is 0 Å². The zero-order valence-electron chi connectivity index (χ0n) is 8.93. The number of carbonyl (C=O) groups excluding carboxylic acids is 1. The molecule has 4 heteroatoms. The Morgan fingerprint density at radius 2 is 1.88 bits per heavy atom. The van der Waals surface area contributed by atoms with Crippen LogP contribution in [0.3, 0.4) is 0 Å². The molecule has 0 saturated heterocycles. The molecule has 16 heavy (non-hydrogen) atoms. The molecule has 0 spiro atoms. The van der Waals surface area contributed by atoms with Crippen molar-refractivity contribution >= 4 is 11.9 Å². The molecule has 0 bridgehead atoms. The standard InChI is InChI=1S/C12H13NO3/c1-9-2-4-10(5-3-9)8-13-11(14)6-7-12(15)16/h2-7H,8H2,1H3,(H,13,14)(H,15,16)/b7-6+. The molecule has 0 aromatic heterocycles. The van der Waals surface area contributed by atoms with E-state index in [9.17, 15) is 9.59 Å². The number of hydrogen-bond donors (Lipinski definition) is 2. The van der Waals surface area contributed by atoms with Crippen LogP contribution in [0.5, 0.6) is 0 Å². The van der Waals surface area contributed by atoms with Crippen LogP contribution in [-0.4, -0.2) is 17.0 Å². The third-order valence-corrected chi connectivity index (χ3v) is 1.96. The van der Waals surface area contributed by atoms with Gasteiger partial charge in [0.25, 0.3) is 0 Å². The van der Waals surface area contributed by atoms with E-state index in [1.807, 2.05) is 31.2 Å². The minimum absolute atomic E-state index is 0.392. The SMILES string of the molecule is Cc1ccc(CNC(=O)/C=C/C(=O)O)cc1. The molecule has 1 aromatic rings. The Kier molecular flexibility index (Phi) is 4.27. The summed E-state index contributed by atoms with van der Waals surface area (Å²) in [5, 5.41) is 10.9. The van der Waals surface area contributed by atoms with Gasteiger partial charge in [-0.25, -0.2) is 4.79 Å². The molecule has 1 amide bonds. The number of nitrogens with one attached hydrogen (secondary N) is 1. The number of aliphatic carboxylic acids is 1. The van der Waals surface area contributed by atoms with Crippen molar-refractivity contribution < 1.29 is 14.7 Å². The van der Waals surface area contributed by atoms with Crippen molar-refractivity contribution in [1.29, 1.82) is 0 Å². The smallest absolute Gasteiger partial charge is 0.328 e. The maximum atomic E-state index is 11.1. The Balaban J connectivity index is 2.43. The quantitative estimate of drug-likeness (QED) is 0.749. The fraction of sp³-hybridized carbons (Fsp3) is 0.167. The minimum Gasteiger partial charge on any atom is -0.478 e. The normalized spacial score (nSPS) is 10.3. The van der Waals surface area contributed by atoms with Crippen LogP contribution in [0.25, 0.3) is 0 Å². The van der Waals surface area contributed by atoms with E-state index in [1.54, 1.807) is 0 Å². The topological polar surface area (TPSA) is 66.4 Å². The van der Waals surface area contributed by atoms with E-state index in [0.717, 1.165) is 23.3 Å². The van der Waals surface area contributed by atoms with Crippen molar-refractivity contribution in [3.63, 3.8) is 0 Å². The lowest BCUT2D eigenvalue weighted by atomic mass is 10.1. The number of rotatable bonds is 4. The molecule has 0 aliphatic heterocycles. The predicted octanol–water partition coefficient (Wildman–Crippen LogP) is 1.25. The number of carboxylic acid groups (broad SMARTS) is 1. The van der Waals surface area contributed by atoms with Crippen molar-refractivity contribution in [2.24, 2.45) is 0 Å². The molecular weight excluding hydrogens is 206 g/mol. The highest BCUT2D eigenvalue weighted by atomic mass is 16.4. The van der Waals surface area contributed by atoms with Crippen molar-refractivity contribution in [2.45, 2.75) is 13.5 Å². The van der Waals surface area contributed by atoms with Gasteiger partial charge in [-0.3, -0.25) is 4.79 Å². The van der Waals surface area contributed by atoms with Gasteiger partial charge in [0.05, 0.1) is 0 Å². The van der Waals surface area contributed by atoms with E-state index < -0.39 is 11.9 Å². The summed E-state index contributed by atoms with van der Waals surface area (Å²) in [4.78, 5) is 21.3. The number of aryl methyl sites for hydroxylation is 1. The molecule has 0 saturated carbocycles. The highest BCUT2D eigenvalue weighted by Gasteiger charge is 1.97. The summed E-state index contributed by atoms with van der Waals surface area (Å²) in [5.74, 6) is -1.55. The fourth-order valence-electron chi connectivity index (χ4n) is 1.10. The Morgan fingerprint density at radius 3 is 2.44 bits per heavy atom. The van der Waals surface area contributed by atoms with Gasteiger partial charge in [0, 0.05) is 18.7 Å². The average Bonchev–Trinajstić information content (AvgIpc) is 2.25. The summed E-state index contributed by atoms with van der Waals surface area (Å²) in [6.07, 6.45) is 1.81. The molecule has 0 radical (unpaired) electrons. The van der Waals surface area contributed by atoms with Crippen LogP contribution >= 0.6 is 0 Å². The maximum absolute atomic E-state index is 11.1. The summed E-state index contributed by atoms with van der Waals surface area (Å²) in [7, 11) is 0. The van der Waals surface area contributed by atoms with Gasteiger partial charge in [-0.2, -0.15) is 0 Å². The number of amides is 1. The monoisotopic (exact) mass is 219 g/mol. The van der Waals surface area contributed by atoms with E-state index in [4.69, 9.17) is 5.11 Å². The average molecular weight is 219 g/mol. The van der Waals surface area contributed by atoms with Gasteiger partial charge in [-0.05, 0) is 12.5 Å². The molecular formula is C12H13NO3. The van der Waals surface area contributed by atoms with Crippen molar-refractivity contribution in [2.75, 3.05) is 0 Å². The molecule has 1 aromatic carbocycles. The van der Waals surface area contributed by atoms with Gasteiger partial charge >= 0.3 is 5.97 Å². The lowest BCUT2D eigenvalue weighted by molar-refractivity contribution is -0.131. The van der Waals surface area contributed by atoms with Crippen molar-refractivity contribution in [3.05, 3.63) is 47.5 Å². The zero-order valence-corrected chi connectivity index (χ0v) is 8.93. The summed E-state index contributed by atoms with van der Waals surface area (Å²) in [6.45, 7) is 2.38. The Morgan fingerprint density at radius 1 is 1.25 bits per heavy atom. The van der Waals surface area contributed by atoms with Gasteiger partial charge in [-0.15, -0.1) is 0 Å². The lowest BCUT2D eigenvalue weighted by Crippen LogP contribution is -2.20. The second-order valence-electron chi connectivity index (χ2n) is 3.37. The largest absolute Gasteiger partial charge is 0.478 e. The maximum Gasteiger partial charge on any atom is 0.328 e. The Hall–Kier alpha value is -2.10. The predicted molar refractivity (Wildman–Crippen MR) is 59.8 cm³/mol. The molecule has 84 valence electrons. The van der Waals surface area contributed by atoms with Gasteiger partial charge < -0.3 is 10.4 Å². The highest BCUT2D eigenvalue weighted by Crippen LogP contribution is 2.02. The Bertz CT molecular complexity index is 407. The lowest BCUT2D eigenvalue weighted by Gasteiger charge is -2.02. The third kappa shape index (κ3) is 4.41. The van der Waals surface area contributed by atoms with E-state index >= 15 is 0 Å². The molecule has 0 aliphatic rings. The second-order valence-corrected chi connectivity index (χ2v) is 3.37. The molecule has 0 aliphatic carbocycles. The van der Waals surface area contributed by atoms with Crippen LogP contribution in [0.1, 0.15) is 11.1 Å². The van der Waals surface area contributed by atoms with Crippen LogP contribution in [0, 0.1) is 6.92 Å². The highest BCUT2D eigenvalue weighted by molar-refractivity contribution is 5.93.